The molecule has 0 amide bonds. The predicted octanol–water partition coefficient (Wildman–Crippen LogP) is 2.43. The van der Waals surface area contributed by atoms with Crippen LogP contribution in [0.2, 0.25) is 0 Å². The van der Waals surface area contributed by atoms with Gasteiger partial charge in [0.05, 0.1) is 6.07 Å². The second-order valence-electron chi connectivity index (χ2n) is 3.36. The molecule has 1 rings (SSSR count). The van der Waals surface area contributed by atoms with Crippen LogP contribution in [0.4, 0.5) is 5.69 Å². The molecule has 1 aromatic rings. The van der Waals surface area contributed by atoms with Crippen LogP contribution in [0.3, 0.4) is 0 Å². The summed E-state index contributed by atoms with van der Waals surface area (Å²) < 4.78 is 0. The summed E-state index contributed by atoms with van der Waals surface area (Å²) in [5, 5.41) is 8.12. The number of rotatable bonds is 3. The summed E-state index contributed by atoms with van der Waals surface area (Å²) in [4.78, 5) is 2.03. The van der Waals surface area contributed by atoms with Gasteiger partial charge < -0.3 is 4.90 Å². The van der Waals surface area contributed by atoms with Gasteiger partial charge in [-0.2, -0.15) is 5.26 Å². The Hall–Kier alpha value is -1.20. The highest BCUT2D eigenvalue weighted by molar-refractivity contribution is 6.22. The van der Waals surface area contributed by atoms with Gasteiger partial charge in [0.25, 0.3) is 0 Å². The van der Waals surface area contributed by atoms with E-state index >= 15 is 0 Å². The van der Waals surface area contributed by atoms with E-state index in [2.05, 4.69) is 0 Å². The molecule has 0 bridgehead atoms. The second-order valence-corrected chi connectivity index (χ2v) is 3.89. The van der Waals surface area contributed by atoms with Crippen molar-refractivity contribution in [3.63, 3.8) is 0 Å². The van der Waals surface area contributed by atoms with Gasteiger partial charge in [-0.05, 0) is 17.7 Å². The van der Waals surface area contributed by atoms with Gasteiger partial charge in [0.1, 0.15) is 5.38 Å². The van der Waals surface area contributed by atoms with Crippen molar-refractivity contribution in [3.8, 4) is 6.07 Å². The Morgan fingerprint density at radius 2 is 1.93 bits per heavy atom. The van der Waals surface area contributed by atoms with Crippen LogP contribution in [0.25, 0.3) is 0 Å². The van der Waals surface area contributed by atoms with E-state index < -0.39 is 5.38 Å². The fourth-order valence-corrected chi connectivity index (χ4v) is 1.36. The van der Waals surface area contributed by atoms with Gasteiger partial charge >= 0.3 is 0 Å². The lowest BCUT2D eigenvalue weighted by Crippen LogP contribution is -2.08. The quantitative estimate of drug-likeness (QED) is 0.714. The number of nitriles is 1. The molecule has 0 fully saturated rings. The van der Waals surface area contributed by atoms with E-state index in [0.717, 1.165) is 11.3 Å². The van der Waals surface area contributed by atoms with Crippen LogP contribution in [0.1, 0.15) is 5.56 Å². The van der Waals surface area contributed by atoms with Crippen molar-refractivity contribution < 1.29 is 0 Å². The number of alkyl halides is 1. The van der Waals surface area contributed by atoms with Crippen molar-refractivity contribution in [2.45, 2.75) is 11.8 Å². The minimum Gasteiger partial charge on any atom is -0.378 e. The number of halogens is 1. The molecule has 1 aromatic carbocycles. The summed E-state index contributed by atoms with van der Waals surface area (Å²) in [5.41, 5.74) is 2.24. The second kappa shape index (κ2) is 4.88. The molecule has 0 spiro atoms. The molecule has 14 heavy (non-hydrogen) atoms. The lowest BCUT2D eigenvalue weighted by Gasteiger charge is -2.12. The van der Waals surface area contributed by atoms with Crippen LogP contribution in [0.15, 0.2) is 24.3 Å². The average molecular weight is 209 g/mol. The molecular formula is C11H13ClN2. The maximum atomic E-state index is 8.55. The molecule has 0 heterocycles. The molecule has 3 heteroatoms. The Balaban J connectivity index is 2.70. The minimum atomic E-state index is -0.430. The number of hydrogen-bond acceptors (Lipinski definition) is 2. The summed E-state index contributed by atoms with van der Waals surface area (Å²) in [7, 11) is 3.99. The van der Waals surface area contributed by atoms with Gasteiger partial charge in [-0.25, -0.2) is 0 Å². The van der Waals surface area contributed by atoms with E-state index in [1.165, 1.54) is 0 Å². The van der Waals surface area contributed by atoms with Gasteiger partial charge in [0.15, 0.2) is 0 Å². The Kier molecular flexibility index (Phi) is 3.79. The summed E-state index contributed by atoms with van der Waals surface area (Å²) in [6.45, 7) is 0. The predicted molar refractivity (Wildman–Crippen MR) is 59.7 cm³/mol. The standard InChI is InChI=1S/C11H13ClN2/c1-14(2)11-5-3-9(4-6-11)7-10(12)8-13/h3-6,10H,7H2,1-2H3. The molecule has 74 valence electrons. The molecule has 0 N–H and O–H groups in total. The third-order valence-electron chi connectivity index (χ3n) is 2.01. The third-order valence-corrected chi connectivity index (χ3v) is 2.26. The fraction of sp³-hybridized carbons (Fsp3) is 0.364. The zero-order valence-corrected chi connectivity index (χ0v) is 9.12. The van der Waals surface area contributed by atoms with Crippen LogP contribution in [-0.4, -0.2) is 19.5 Å². The smallest absolute Gasteiger partial charge is 0.124 e. The van der Waals surface area contributed by atoms with Crippen molar-refractivity contribution in [3.05, 3.63) is 29.8 Å². The molecular weight excluding hydrogens is 196 g/mol. The molecule has 1 unspecified atom stereocenters. The summed E-state index contributed by atoms with van der Waals surface area (Å²) in [6, 6.07) is 10.1. The first-order valence-electron chi connectivity index (χ1n) is 4.43. The van der Waals surface area contributed by atoms with E-state index in [-0.39, 0.29) is 0 Å². The normalized spacial score (nSPS) is 11.9. The highest BCUT2D eigenvalue weighted by Gasteiger charge is 2.03. The molecule has 0 saturated carbocycles. The molecule has 0 aliphatic carbocycles. The van der Waals surface area contributed by atoms with Crippen molar-refractivity contribution in [1.29, 1.82) is 5.26 Å². The molecule has 0 radical (unpaired) electrons. The van der Waals surface area contributed by atoms with Crippen LogP contribution >= 0.6 is 11.6 Å². The van der Waals surface area contributed by atoms with Gasteiger partial charge in [-0.1, -0.05) is 12.1 Å². The maximum absolute atomic E-state index is 8.55. The molecule has 0 saturated heterocycles. The first kappa shape index (κ1) is 10.9. The lowest BCUT2D eigenvalue weighted by molar-refractivity contribution is 1.02. The topological polar surface area (TPSA) is 27.0 Å². The fourth-order valence-electron chi connectivity index (χ4n) is 1.18. The monoisotopic (exact) mass is 208 g/mol. The molecule has 2 nitrogen and oxygen atoms in total. The van der Waals surface area contributed by atoms with E-state index in [1.807, 2.05) is 49.3 Å². The van der Waals surface area contributed by atoms with Gasteiger partial charge in [-0.15, -0.1) is 11.6 Å². The first-order chi connectivity index (χ1) is 6.63. The van der Waals surface area contributed by atoms with E-state index in [9.17, 15) is 0 Å². The maximum Gasteiger partial charge on any atom is 0.124 e. The molecule has 0 aliphatic heterocycles. The van der Waals surface area contributed by atoms with Crippen LogP contribution in [-0.2, 0) is 6.42 Å². The van der Waals surface area contributed by atoms with Crippen LogP contribution in [0.5, 0.6) is 0 Å². The molecule has 0 aliphatic rings. The largest absolute Gasteiger partial charge is 0.378 e. The minimum absolute atomic E-state index is 0.430. The van der Waals surface area contributed by atoms with Crippen molar-refractivity contribution in [2.75, 3.05) is 19.0 Å². The van der Waals surface area contributed by atoms with Crippen LogP contribution in [0, 0.1) is 11.3 Å². The first-order valence-corrected chi connectivity index (χ1v) is 4.87. The van der Waals surface area contributed by atoms with E-state index in [0.29, 0.717) is 6.42 Å². The number of benzene rings is 1. The average Bonchev–Trinajstić information content (AvgIpc) is 2.18. The van der Waals surface area contributed by atoms with Gasteiger partial charge in [-0.3, -0.25) is 0 Å². The Morgan fingerprint density at radius 1 is 1.36 bits per heavy atom. The zero-order chi connectivity index (χ0) is 10.6. The van der Waals surface area contributed by atoms with Crippen LogP contribution < -0.4 is 4.90 Å². The molecule has 1 atom stereocenters. The number of hydrogen-bond donors (Lipinski definition) is 0. The summed E-state index contributed by atoms with van der Waals surface area (Å²) >= 11 is 5.73. The highest BCUT2D eigenvalue weighted by Crippen LogP contribution is 2.14. The van der Waals surface area contributed by atoms with E-state index in [1.54, 1.807) is 0 Å². The van der Waals surface area contributed by atoms with Gasteiger partial charge in [0.2, 0.25) is 0 Å². The third kappa shape index (κ3) is 2.93. The van der Waals surface area contributed by atoms with Crippen molar-refractivity contribution in [2.24, 2.45) is 0 Å². The zero-order valence-electron chi connectivity index (χ0n) is 8.37. The SMILES string of the molecule is CN(C)c1ccc(CC(Cl)C#N)cc1. The summed E-state index contributed by atoms with van der Waals surface area (Å²) in [6.07, 6.45) is 0.603. The van der Waals surface area contributed by atoms with Crippen molar-refractivity contribution in [1.82, 2.24) is 0 Å². The van der Waals surface area contributed by atoms with Gasteiger partial charge in [0, 0.05) is 26.2 Å². The Labute approximate surface area is 89.7 Å². The lowest BCUT2D eigenvalue weighted by atomic mass is 10.1. The Morgan fingerprint density at radius 3 is 2.36 bits per heavy atom. The Bertz CT molecular complexity index is 324. The van der Waals surface area contributed by atoms with E-state index in [4.69, 9.17) is 16.9 Å². The molecule has 0 aromatic heterocycles. The summed E-state index contributed by atoms with van der Waals surface area (Å²) in [5.74, 6) is 0. The number of anilines is 1. The highest BCUT2D eigenvalue weighted by atomic mass is 35.5. The number of nitrogens with zero attached hydrogens (tertiary/aromatic N) is 2. The van der Waals surface area contributed by atoms with Crippen molar-refractivity contribution >= 4 is 17.3 Å².